The first-order valence-corrected chi connectivity index (χ1v) is 6.55. The molecule has 0 radical (unpaired) electrons. The van der Waals surface area contributed by atoms with Gasteiger partial charge in [0.15, 0.2) is 0 Å². The summed E-state index contributed by atoms with van der Waals surface area (Å²) >= 11 is 0. The van der Waals surface area contributed by atoms with E-state index < -0.39 is 6.10 Å². The minimum absolute atomic E-state index is 0.295. The highest BCUT2D eigenvalue weighted by Crippen LogP contribution is 2.23. The van der Waals surface area contributed by atoms with Gasteiger partial charge in [-0.15, -0.1) is 0 Å². The fraction of sp³-hybridized carbons (Fsp3) is 0.467. The van der Waals surface area contributed by atoms with Crippen molar-refractivity contribution in [3.8, 4) is 0 Å². The number of benzene rings is 1. The van der Waals surface area contributed by atoms with E-state index in [1.165, 1.54) is 12.8 Å². The molecular formula is C15H20O3. The summed E-state index contributed by atoms with van der Waals surface area (Å²) in [5.74, 6) is 0.576. The summed E-state index contributed by atoms with van der Waals surface area (Å²) in [4.78, 5) is 0. The number of unbranched alkanes of at least 4 members (excludes halogenated alkanes) is 2. The Morgan fingerprint density at radius 2 is 2.11 bits per heavy atom. The summed E-state index contributed by atoms with van der Waals surface area (Å²) in [6.45, 7) is 3.15. The van der Waals surface area contributed by atoms with E-state index in [-0.39, 0.29) is 0 Å². The molecule has 0 spiro atoms. The van der Waals surface area contributed by atoms with E-state index in [2.05, 4.69) is 6.92 Å². The Kier molecular flexibility index (Phi) is 4.79. The molecule has 2 rings (SSSR count). The Bertz CT molecular complexity index is 442. The molecule has 1 N–H and O–H groups in total. The average Bonchev–Trinajstić information content (AvgIpc) is 2.82. The lowest BCUT2D eigenvalue weighted by Gasteiger charge is -2.08. The van der Waals surface area contributed by atoms with Crippen molar-refractivity contribution < 1.29 is 14.3 Å². The van der Waals surface area contributed by atoms with Gasteiger partial charge in [-0.1, -0.05) is 38.0 Å². The highest BCUT2D eigenvalue weighted by Gasteiger charge is 2.13. The third kappa shape index (κ3) is 3.34. The summed E-state index contributed by atoms with van der Waals surface area (Å²) in [6.07, 6.45) is 2.71. The summed E-state index contributed by atoms with van der Waals surface area (Å²) in [5, 5.41) is 11.0. The lowest BCUT2D eigenvalue weighted by atomic mass is 10.2. The number of rotatable bonds is 7. The smallest absolute Gasteiger partial charge is 0.136 e. The maximum Gasteiger partial charge on any atom is 0.136 e. The first-order valence-electron chi connectivity index (χ1n) is 6.55. The summed E-state index contributed by atoms with van der Waals surface area (Å²) in [6, 6.07) is 9.61. The topological polar surface area (TPSA) is 42.6 Å². The molecule has 3 heteroatoms. The van der Waals surface area contributed by atoms with Crippen molar-refractivity contribution in [2.24, 2.45) is 0 Å². The van der Waals surface area contributed by atoms with Crippen LogP contribution in [0.4, 0.5) is 0 Å². The van der Waals surface area contributed by atoms with Crippen molar-refractivity contribution >= 4 is 11.0 Å². The van der Waals surface area contributed by atoms with E-state index in [1.54, 1.807) is 0 Å². The fourth-order valence-corrected chi connectivity index (χ4v) is 1.90. The van der Waals surface area contributed by atoms with Crippen molar-refractivity contribution in [1.82, 2.24) is 0 Å². The van der Waals surface area contributed by atoms with Crippen LogP contribution in [0.2, 0.25) is 0 Å². The predicted octanol–water partition coefficient (Wildman–Crippen LogP) is 3.67. The molecule has 0 saturated carbocycles. The molecule has 0 aliphatic heterocycles. The zero-order chi connectivity index (χ0) is 12.8. The number of aliphatic hydroxyl groups is 1. The first-order chi connectivity index (χ1) is 8.81. The molecule has 18 heavy (non-hydrogen) atoms. The van der Waals surface area contributed by atoms with E-state index in [4.69, 9.17) is 9.15 Å². The minimum atomic E-state index is -0.681. The molecule has 1 atom stereocenters. The Labute approximate surface area is 107 Å². The molecule has 98 valence electrons. The van der Waals surface area contributed by atoms with Crippen LogP contribution >= 0.6 is 0 Å². The minimum Gasteiger partial charge on any atom is -0.458 e. The molecular weight excluding hydrogens is 228 g/mol. The highest BCUT2D eigenvalue weighted by atomic mass is 16.5. The number of para-hydroxylation sites is 1. The second-order valence-electron chi connectivity index (χ2n) is 4.48. The lowest BCUT2D eigenvalue weighted by Crippen LogP contribution is -2.07. The molecule has 1 aromatic heterocycles. The normalized spacial score (nSPS) is 13.0. The molecule has 0 saturated heterocycles. The van der Waals surface area contributed by atoms with Gasteiger partial charge in [0, 0.05) is 12.0 Å². The third-order valence-electron chi connectivity index (χ3n) is 2.94. The van der Waals surface area contributed by atoms with Gasteiger partial charge in [-0.25, -0.2) is 0 Å². The number of fused-ring (bicyclic) bond motifs is 1. The van der Waals surface area contributed by atoms with Crippen molar-refractivity contribution in [2.75, 3.05) is 13.2 Å². The Morgan fingerprint density at radius 3 is 2.89 bits per heavy atom. The summed E-state index contributed by atoms with van der Waals surface area (Å²) in [7, 11) is 0. The van der Waals surface area contributed by atoms with Gasteiger partial charge in [-0.2, -0.15) is 0 Å². The second kappa shape index (κ2) is 6.57. The Balaban J connectivity index is 1.86. The summed E-state index contributed by atoms with van der Waals surface area (Å²) < 4.78 is 11.0. The maximum atomic E-state index is 9.96. The quantitative estimate of drug-likeness (QED) is 0.760. The predicted molar refractivity (Wildman–Crippen MR) is 71.5 cm³/mol. The second-order valence-corrected chi connectivity index (χ2v) is 4.48. The fourth-order valence-electron chi connectivity index (χ4n) is 1.90. The van der Waals surface area contributed by atoms with Crippen LogP contribution in [0.3, 0.4) is 0 Å². The average molecular weight is 248 g/mol. The van der Waals surface area contributed by atoms with E-state index in [0.29, 0.717) is 19.0 Å². The molecule has 0 aliphatic carbocycles. The van der Waals surface area contributed by atoms with Gasteiger partial charge in [-0.3, -0.25) is 0 Å². The van der Waals surface area contributed by atoms with E-state index in [0.717, 1.165) is 17.4 Å². The molecule has 1 heterocycles. The van der Waals surface area contributed by atoms with E-state index >= 15 is 0 Å². The number of aliphatic hydroxyl groups excluding tert-OH is 1. The van der Waals surface area contributed by atoms with Gasteiger partial charge in [0.2, 0.25) is 0 Å². The van der Waals surface area contributed by atoms with Gasteiger partial charge in [0.1, 0.15) is 17.4 Å². The molecule has 3 nitrogen and oxygen atoms in total. The van der Waals surface area contributed by atoms with Gasteiger partial charge in [0.25, 0.3) is 0 Å². The van der Waals surface area contributed by atoms with Crippen molar-refractivity contribution in [3.63, 3.8) is 0 Å². The van der Waals surface area contributed by atoms with Crippen LogP contribution in [0.15, 0.2) is 34.7 Å². The Morgan fingerprint density at radius 1 is 1.28 bits per heavy atom. The lowest BCUT2D eigenvalue weighted by molar-refractivity contribution is 0.0245. The van der Waals surface area contributed by atoms with Gasteiger partial charge < -0.3 is 14.3 Å². The Hall–Kier alpha value is -1.32. The van der Waals surface area contributed by atoms with E-state index in [1.807, 2.05) is 30.3 Å². The molecule has 0 fully saturated rings. The van der Waals surface area contributed by atoms with Crippen LogP contribution in [0.5, 0.6) is 0 Å². The number of hydrogen-bond donors (Lipinski definition) is 1. The number of hydrogen-bond acceptors (Lipinski definition) is 3. The molecule has 0 bridgehead atoms. The van der Waals surface area contributed by atoms with Crippen LogP contribution in [-0.2, 0) is 4.74 Å². The summed E-state index contributed by atoms with van der Waals surface area (Å²) in [5.41, 5.74) is 0.803. The highest BCUT2D eigenvalue weighted by molar-refractivity contribution is 5.77. The standard InChI is InChI=1S/C15H20O3/c1-2-3-6-9-17-11-13(16)15-10-12-7-4-5-8-14(12)18-15/h4-5,7-8,10,13,16H,2-3,6,9,11H2,1H3. The van der Waals surface area contributed by atoms with E-state index in [9.17, 15) is 5.11 Å². The zero-order valence-electron chi connectivity index (χ0n) is 10.8. The zero-order valence-corrected chi connectivity index (χ0v) is 10.8. The van der Waals surface area contributed by atoms with Crippen LogP contribution in [0.25, 0.3) is 11.0 Å². The molecule has 0 aliphatic rings. The van der Waals surface area contributed by atoms with Gasteiger partial charge in [0.05, 0.1) is 6.61 Å². The molecule has 0 amide bonds. The number of furan rings is 1. The van der Waals surface area contributed by atoms with Crippen LogP contribution in [0.1, 0.15) is 38.1 Å². The van der Waals surface area contributed by atoms with Gasteiger partial charge >= 0.3 is 0 Å². The van der Waals surface area contributed by atoms with Crippen LogP contribution in [-0.4, -0.2) is 18.3 Å². The van der Waals surface area contributed by atoms with Crippen LogP contribution in [0, 0.1) is 0 Å². The molecule has 1 unspecified atom stereocenters. The molecule has 2 aromatic rings. The monoisotopic (exact) mass is 248 g/mol. The van der Waals surface area contributed by atoms with Crippen molar-refractivity contribution in [2.45, 2.75) is 32.3 Å². The first kappa shape index (κ1) is 13.1. The van der Waals surface area contributed by atoms with Gasteiger partial charge in [-0.05, 0) is 18.6 Å². The van der Waals surface area contributed by atoms with Crippen LogP contribution < -0.4 is 0 Å². The number of ether oxygens (including phenoxy) is 1. The SMILES string of the molecule is CCCCCOCC(O)c1cc2ccccc2o1. The van der Waals surface area contributed by atoms with Crippen molar-refractivity contribution in [3.05, 3.63) is 36.1 Å². The van der Waals surface area contributed by atoms with Crippen molar-refractivity contribution in [1.29, 1.82) is 0 Å². The molecule has 1 aromatic carbocycles. The largest absolute Gasteiger partial charge is 0.458 e. The third-order valence-corrected chi connectivity index (χ3v) is 2.94. The maximum absolute atomic E-state index is 9.96.